The van der Waals surface area contributed by atoms with Crippen molar-refractivity contribution in [3.63, 3.8) is 0 Å². The van der Waals surface area contributed by atoms with Gasteiger partial charge in [0.25, 0.3) is 5.91 Å². The van der Waals surface area contributed by atoms with Gasteiger partial charge in [0.05, 0.1) is 47.3 Å². The van der Waals surface area contributed by atoms with Crippen molar-refractivity contribution < 1.29 is 38.0 Å². The number of rotatable bonds is 13. The van der Waals surface area contributed by atoms with Gasteiger partial charge in [0.2, 0.25) is 5.75 Å². The van der Waals surface area contributed by atoms with Gasteiger partial charge >= 0.3 is 0 Å². The van der Waals surface area contributed by atoms with E-state index in [-0.39, 0.29) is 12.5 Å². The lowest BCUT2D eigenvalue weighted by molar-refractivity contribution is -0.169. The van der Waals surface area contributed by atoms with E-state index >= 15 is 0 Å². The van der Waals surface area contributed by atoms with Crippen LogP contribution in [0.3, 0.4) is 0 Å². The molecule has 35 heavy (non-hydrogen) atoms. The predicted molar refractivity (Wildman–Crippen MR) is 131 cm³/mol. The summed E-state index contributed by atoms with van der Waals surface area (Å²) < 4.78 is 39.2. The van der Waals surface area contributed by atoms with Crippen LogP contribution in [0, 0.1) is 0 Å². The topological polar surface area (TPSA) is 84.9 Å². The minimum atomic E-state index is -1.22. The molecule has 0 aliphatic carbocycles. The van der Waals surface area contributed by atoms with E-state index in [1.807, 2.05) is 18.2 Å². The van der Waals surface area contributed by atoms with Crippen molar-refractivity contribution in [3.05, 3.63) is 35.9 Å². The molecule has 0 bridgehead atoms. The second-order valence-electron chi connectivity index (χ2n) is 8.10. The maximum atomic E-state index is 13.6. The van der Waals surface area contributed by atoms with E-state index in [1.54, 1.807) is 31.3 Å². The molecule has 0 N–H and O–H groups in total. The Balaban J connectivity index is 2.14. The maximum absolute atomic E-state index is 13.6. The van der Waals surface area contributed by atoms with Gasteiger partial charge in [-0.15, -0.1) is 0 Å². The zero-order valence-corrected chi connectivity index (χ0v) is 21.5. The van der Waals surface area contributed by atoms with E-state index in [9.17, 15) is 4.79 Å². The Morgan fingerprint density at radius 2 is 1.51 bits per heavy atom. The third kappa shape index (κ3) is 4.70. The van der Waals surface area contributed by atoms with Crippen LogP contribution in [0.4, 0.5) is 5.69 Å². The first-order valence-corrected chi connectivity index (χ1v) is 11.4. The number of carbonyl (C=O) groups is 1. The zero-order valence-electron chi connectivity index (χ0n) is 21.5. The van der Waals surface area contributed by atoms with Crippen LogP contribution in [-0.4, -0.2) is 67.4 Å². The molecule has 1 aliphatic heterocycles. The maximum Gasteiger partial charge on any atom is 0.264 e. The van der Waals surface area contributed by atoms with Gasteiger partial charge < -0.3 is 33.2 Å². The molecule has 2 aromatic rings. The first-order chi connectivity index (χ1) is 17.0. The average Bonchev–Trinajstić information content (AvgIpc) is 2.89. The Hall–Kier alpha value is -3.17. The molecule has 0 radical (unpaired) electrons. The molecule has 1 aliphatic rings. The van der Waals surface area contributed by atoms with Gasteiger partial charge in [-0.2, -0.15) is 0 Å². The van der Waals surface area contributed by atoms with Crippen LogP contribution in [0.1, 0.15) is 31.4 Å². The van der Waals surface area contributed by atoms with Crippen molar-refractivity contribution in [2.75, 3.05) is 60.8 Å². The fourth-order valence-corrected chi connectivity index (χ4v) is 4.39. The molecule has 0 aromatic heterocycles. The summed E-state index contributed by atoms with van der Waals surface area (Å²) in [6.45, 7) is 2.74. The van der Waals surface area contributed by atoms with Crippen LogP contribution >= 0.6 is 0 Å². The molecule has 0 spiro atoms. The molecule has 0 saturated carbocycles. The summed E-state index contributed by atoms with van der Waals surface area (Å²) in [7, 11) is 9.25. The summed E-state index contributed by atoms with van der Waals surface area (Å²) in [6.07, 6.45) is 1.92. The normalized spacial score (nSPS) is 19.2. The average molecular weight is 490 g/mol. The van der Waals surface area contributed by atoms with Crippen LogP contribution in [0.15, 0.2) is 30.3 Å². The van der Waals surface area contributed by atoms with Crippen molar-refractivity contribution in [1.82, 2.24) is 0 Å². The van der Waals surface area contributed by atoms with Crippen molar-refractivity contribution in [2.24, 2.45) is 0 Å². The van der Waals surface area contributed by atoms with Gasteiger partial charge in [-0.05, 0) is 24.1 Å². The van der Waals surface area contributed by atoms with Gasteiger partial charge in [-0.1, -0.05) is 19.4 Å². The highest BCUT2D eigenvalue weighted by Crippen LogP contribution is 2.52. The molecular weight excluding hydrogens is 454 g/mol. The number of methoxy groups -OCH3 is 6. The summed E-state index contributed by atoms with van der Waals surface area (Å²) in [5, 5.41) is 0. The summed E-state index contributed by atoms with van der Waals surface area (Å²) in [5.41, 5.74) is 0.164. The van der Waals surface area contributed by atoms with Crippen LogP contribution in [0.25, 0.3) is 0 Å². The number of ether oxygens (including phenoxy) is 7. The van der Waals surface area contributed by atoms with Crippen molar-refractivity contribution in [3.8, 4) is 28.7 Å². The van der Waals surface area contributed by atoms with Gasteiger partial charge in [0, 0.05) is 26.4 Å². The number of benzene rings is 2. The minimum Gasteiger partial charge on any atom is -0.493 e. The number of amides is 1. The number of carbonyl (C=O) groups excluding carboxylic acids is 1. The molecular formula is C26H35NO8. The number of hydrogen-bond acceptors (Lipinski definition) is 8. The molecule has 9 nitrogen and oxygen atoms in total. The third-order valence-corrected chi connectivity index (χ3v) is 6.19. The highest BCUT2D eigenvalue weighted by molar-refractivity contribution is 6.09. The van der Waals surface area contributed by atoms with Crippen molar-refractivity contribution in [1.29, 1.82) is 0 Å². The Labute approximate surface area is 206 Å². The van der Waals surface area contributed by atoms with Crippen molar-refractivity contribution in [2.45, 2.75) is 31.4 Å². The van der Waals surface area contributed by atoms with Crippen LogP contribution in [-0.2, 0) is 14.3 Å². The lowest BCUT2D eigenvalue weighted by atomic mass is 9.77. The van der Waals surface area contributed by atoms with Gasteiger partial charge in [0.15, 0.2) is 28.6 Å². The highest BCUT2D eigenvalue weighted by Gasteiger charge is 2.63. The molecule has 0 unspecified atom stereocenters. The number of anilines is 1. The predicted octanol–water partition coefficient (Wildman–Crippen LogP) is 4.02. The second kappa shape index (κ2) is 11.5. The summed E-state index contributed by atoms with van der Waals surface area (Å²) >= 11 is 0. The Morgan fingerprint density at radius 3 is 2.03 bits per heavy atom. The fraction of sp³-hybridized carbons (Fsp3) is 0.500. The first kappa shape index (κ1) is 26.4. The SMILES string of the molecule is CCCCOc1cc([C@@H]2N(c3cc(OC)c(OC)c(OC)c3)C(=O)[C@@]2(COC)OC)ccc1OC. The lowest BCUT2D eigenvalue weighted by Crippen LogP contribution is -2.71. The van der Waals surface area contributed by atoms with Crippen LogP contribution < -0.4 is 28.6 Å². The first-order valence-electron chi connectivity index (χ1n) is 11.4. The Kier molecular flexibility index (Phi) is 8.69. The van der Waals surface area contributed by atoms with Crippen LogP contribution in [0.2, 0.25) is 0 Å². The zero-order chi connectivity index (χ0) is 25.6. The van der Waals surface area contributed by atoms with Gasteiger partial charge in [-0.25, -0.2) is 0 Å². The largest absolute Gasteiger partial charge is 0.493 e. The van der Waals surface area contributed by atoms with E-state index in [1.165, 1.54) is 28.4 Å². The molecule has 3 rings (SSSR count). The monoisotopic (exact) mass is 489 g/mol. The summed E-state index contributed by atoms with van der Waals surface area (Å²) in [5.74, 6) is 2.29. The Bertz CT molecular complexity index is 1000. The number of β-lactam (4-membered cyclic amide) rings is 1. The molecule has 2 aromatic carbocycles. The molecule has 1 amide bonds. The van der Waals surface area contributed by atoms with Gasteiger partial charge in [0.1, 0.15) is 6.04 Å². The Morgan fingerprint density at radius 1 is 0.857 bits per heavy atom. The van der Waals surface area contributed by atoms with E-state index in [0.29, 0.717) is 41.0 Å². The second-order valence-corrected chi connectivity index (χ2v) is 8.10. The van der Waals surface area contributed by atoms with Crippen molar-refractivity contribution >= 4 is 11.6 Å². The standard InChI is InChI=1S/C26H35NO8/c1-8-9-12-35-20-13-17(10-11-19(20)30-3)24-26(34-7,16-29-2)25(28)27(24)18-14-21(31-4)23(33-6)22(15-18)32-5/h10-11,13-15,24H,8-9,12,16H2,1-7H3/t24-,26-/m0/s1. The molecule has 9 heteroatoms. The molecule has 192 valence electrons. The molecule has 1 saturated heterocycles. The number of nitrogens with zero attached hydrogens (tertiary/aromatic N) is 1. The van der Waals surface area contributed by atoms with E-state index in [0.717, 1.165) is 18.4 Å². The molecule has 1 heterocycles. The summed E-state index contributed by atoms with van der Waals surface area (Å²) in [6, 6.07) is 8.58. The minimum absolute atomic E-state index is 0.0754. The fourth-order valence-electron chi connectivity index (χ4n) is 4.39. The molecule has 2 atom stereocenters. The molecule has 1 fully saturated rings. The van der Waals surface area contributed by atoms with E-state index in [2.05, 4.69) is 6.92 Å². The lowest BCUT2D eigenvalue weighted by Gasteiger charge is -2.54. The van der Waals surface area contributed by atoms with Crippen LogP contribution in [0.5, 0.6) is 28.7 Å². The third-order valence-electron chi connectivity index (χ3n) is 6.19. The summed E-state index contributed by atoms with van der Waals surface area (Å²) in [4.78, 5) is 15.3. The number of unbranched alkanes of at least 4 members (excludes halogenated alkanes) is 1. The highest BCUT2D eigenvalue weighted by atomic mass is 16.5. The quantitative estimate of drug-likeness (QED) is 0.308. The smallest absolute Gasteiger partial charge is 0.264 e. The number of hydrogen-bond donors (Lipinski definition) is 0. The van der Waals surface area contributed by atoms with E-state index in [4.69, 9.17) is 33.2 Å². The van der Waals surface area contributed by atoms with Gasteiger partial charge in [-0.3, -0.25) is 9.69 Å². The van der Waals surface area contributed by atoms with E-state index < -0.39 is 11.6 Å².